The average molecular weight is 287 g/mol. The van der Waals surface area contributed by atoms with E-state index in [0.29, 0.717) is 11.8 Å². The van der Waals surface area contributed by atoms with Gasteiger partial charge in [-0.25, -0.2) is 4.98 Å². The minimum absolute atomic E-state index is 0.258. The molecule has 0 unspecified atom stereocenters. The molecule has 1 spiro atoms. The number of ether oxygens (including phenoxy) is 3. The van der Waals surface area contributed by atoms with E-state index in [0.717, 1.165) is 44.7 Å². The molecule has 5 nitrogen and oxygen atoms in total. The molecule has 1 aliphatic carbocycles. The summed E-state index contributed by atoms with van der Waals surface area (Å²) in [5, 5.41) is 0.633. The van der Waals surface area contributed by atoms with Crippen molar-refractivity contribution in [3.05, 3.63) is 17.2 Å². The van der Waals surface area contributed by atoms with Gasteiger partial charge in [0.1, 0.15) is 17.6 Å². The smallest absolute Gasteiger partial charge is 0.168 e. The first kappa shape index (κ1) is 13.4. The number of nitrogens with zero attached hydrogens (tertiary/aromatic N) is 2. The lowest BCUT2D eigenvalue weighted by Crippen LogP contribution is -2.37. The summed E-state index contributed by atoms with van der Waals surface area (Å²) in [5.74, 6) is 0.547. The number of aromatic nitrogens is 2. The fraction of sp³-hybridized carbons (Fsp3) is 0.769. The Morgan fingerprint density at radius 1 is 1.42 bits per heavy atom. The second kappa shape index (κ2) is 5.40. The fourth-order valence-electron chi connectivity index (χ4n) is 2.73. The zero-order valence-electron chi connectivity index (χ0n) is 11.1. The van der Waals surface area contributed by atoms with Crippen LogP contribution in [0.15, 0.2) is 6.20 Å². The van der Waals surface area contributed by atoms with Crippen LogP contribution < -0.4 is 0 Å². The standard InChI is InChI=1S/C13H19ClN2O3/c1-16-11(14)8-15-12(16)9-17-10-2-4-13(5-3-10)18-6-7-19-13/h8,10H,2-7,9H2,1H3. The summed E-state index contributed by atoms with van der Waals surface area (Å²) in [5.41, 5.74) is 0. The molecule has 2 fully saturated rings. The van der Waals surface area contributed by atoms with Crippen molar-refractivity contribution in [2.45, 2.75) is 44.2 Å². The summed E-state index contributed by atoms with van der Waals surface area (Å²) in [6.07, 6.45) is 5.68. The van der Waals surface area contributed by atoms with E-state index in [2.05, 4.69) is 4.98 Å². The number of imidazole rings is 1. The molecule has 1 aliphatic heterocycles. The van der Waals surface area contributed by atoms with Gasteiger partial charge in [0.05, 0.1) is 25.5 Å². The fourth-order valence-corrected chi connectivity index (χ4v) is 2.88. The van der Waals surface area contributed by atoms with Crippen LogP contribution in [-0.2, 0) is 27.9 Å². The summed E-state index contributed by atoms with van der Waals surface area (Å²) >= 11 is 5.94. The van der Waals surface area contributed by atoms with Gasteiger partial charge in [-0.1, -0.05) is 11.6 Å². The largest absolute Gasteiger partial charge is 0.370 e. The van der Waals surface area contributed by atoms with Crippen molar-refractivity contribution >= 4 is 11.6 Å². The van der Waals surface area contributed by atoms with Crippen LogP contribution in [0, 0.1) is 0 Å². The summed E-state index contributed by atoms with van der Waals surface area (Å²) in [6.45, 7) is 1.94. The third-order valence-corrected chi connectivity index (χ3v) is 4.33. The molecule has 0 N–H and O–H groups in total. The average Bonchev–Trinajstić information content (AvgIpc) is 3.00. The van der Waals surface area contributed by atoms with Gasteiger partial charge in [0.25, 0.3) is 0 Å². The Labute approximate surface area is 117 Å². The molecule has 0 bridgehead atoms. The van der Waals surface area contributed by atoms with E-state index >= 15 is 0 Å². The van der Waals surface area contributed by atoms with Gasteiger partial charge in [-0.2, -0.15) is 0 Å². The van der Waals surface area contributed by atoms with E-state index in [1.165, 1.54) is 0 Å². The first-order valence-corrected chi connectivity index (χ1v) is 7.12. The van der Waals surface area contributed by atoms with Gasteiger partial charge in [0.2, 0.25) is 0 Å². The van der Waals surface area contributed by atoms with E-state index in [-0.39, 0.29) is 11.9 Å². The second-order valence-corrected chi connectivity index (χ2v) is 5.56. The highest BCUT2D eigenvalue weighted by molar-refractivity contribution is 6.29. The monoisotopic (exact) mass is 286 g/mol. The highest BCUT2D eigenvalue weighted by atomic mass is 35.5. The van der Waals surface area contributed by atoms with E-state index in [4.69, 9.17) is 25.8 Å². The van der Waals surface area contributed by atoms with E-state index in [9.17, 15) is 0 Å². The number of hydrogen-bond acceptors (Lipinski definition) is 4. The Kier molecular flexibility index (Phi) is 3.80. The molecule has 0 radical (unpaired) electrons. The maximum absolute atomic E-state index is 5.94. The van der Waals surface area contributed by atoms with Crippen LogP contribution in [0.5, 0.6) is 0 Å². The number of hydrogen-bond donors (Lipinski definition) is 0. The van der Waals surface area contributed by atoms with Crippen LogP contribution in [0.3, 0.4) is 0 Å². The Hall–Kier alpha value is -0.620. The third-order valence-electron chi connectivity index (χ3n) is 3.98. The van der Waals surface area contributed by atoms with Crippen LogP contribution in [0.1, 0.15) is 31.5 Å². The maximum atomic E-state index is 5.94. The van der Waals surface area contributed by atoms with Crippen LogP contribution in [0.25, 0.3) is 0 Å². The Morgan fingerprint density at radius 3 is 2.68 bits per heavy atom. The van der Waals surface area contributed by atoms with Crippen molar-refractivity contribution < 1.29 is 14.2 Å². The summed E-state index contributed by atoms with van der Waals surface area (Å²) in [4.78, 5) is 4.23. The highest BCUT2D eigenvalue weighted by Gasteiger charge is 2.40. The Bertz CT molecular complexity index is 433. The molecule has 106 valence electrons. The minimum Gasteiger partial charge on any atom is -0.370 e. The number of halogens is 1. The molecule has 2 heterocycles. The van der Waals surface area contributed by atoms with Crippen LogP contribution in [-0.4, -0.2) is 34.7 Å². The highest BCUT2D eigenvalue weighted by Crippen LogP contribution is 2.36. The molecular formula is C13H19ClN2O3. The number of rotatable bonds is 3. The van der Waals surface area contributed by atoms with Gasteiger partial charge in [-0.05, 0) is 12.8 Å². The Morgan fingerprint density at radius 2 is 2.11 bits per heavy atom. The predicted molar refractivity (Wildman–Crippen MR) is 69.9 cm³/mol. The summed E-state index contributed by atoms with van der Waals surface area (Å²) in [6, 6.07) is 0. The summed E-state index contributed by atoms with van der Waals surface area (Å²) < 4.78 is 19.2. The molecule has 6 heteroatoms. The van der Waals surface area contributed by atoms with Crippen LogP contribution >= 0.6 is 11.6 Å². The lowest BCUT2D eigenvalue weighted by molar-refractivity contribution is -0.192. The second-order valence-electron chi connectivity index (χ2n) is 5.17. The topological polar surface area (TPSA) is 45.5 Å². The molecule has 2 aliphatic rings. The lowest BCUT2D eigenvalue weighted by atomic mass is 9.92. The van der Waals surface area contributed by atoms with E-state index in [1.54, 1.807) is 6.20 Å². The van der Waals surface area contributed by atoms with Crippen molar-refractivity contribution in [2.75, 3.05) is 13.2 Å². The van der Waals surface area contributed by atoms with E-state index < -0.39 is 0 Å². The van der Waals surface area contributed by atoms with Crippen molar-refractivity contribution in [3.8, 4) is 0 Å². The Balaban J connectivity index is 1.49. The predicted octanol–water partition coefficient (Wildman–Crippen LogP) is 2.28. The molecule has 1 aromatic heterocycles. The zero-order chi connectivity index (χ0) is 13.3. The van der Waals surface area contributed by atoms with Crippen LogP contribution in [0.2, 0.25) is 5.15 Å². The normalized spacial score (nSPS) is 23.3. The van der Waals surface area contributed by atoms with Crippen molar-refractivity contribution in [2.24, 2.45) is 7.05 Å². The van der Waals surface area contributed by atoms with Gasteiger partial charge < -0.3 is 18.8 Å². The quantitative estimate of drug-likeness (QED) is 0.855. The molecule has 0 aromatic carbocycles. The van der Waals surface area contributed by atoms with Crippen LogP contribution in [0.4, 0.5) is 0 Å². The molecule has 1 saturated heterocycles. The van der Waals surface area contributed by atoms with Crippen molar-refractivity contribution in [1.82, 2.24) is 9.55 Å². The molecule has 3 rings (SSSR count). The molecule has 0 atom stereocenters. The van der Waals surface area contributed by atoms with Crippen molar-refractivity contribution in [1.29, 1.82) is 0 Å². The molecule has 0 amide bonds. The SMILES string of the molecule is Cn1c(Cl)cnc1COC1CCC2(CC1)OCCO2. The molecular weight excluding hydrogens is 268 g/mol. The first-order chi connectivity index (χ1) is 9.19. The van der Waals surface area contributed by atoms with Gasteiger partial charge in [-0.15, -0.1) is 0 Å². The van der Waals surface area contributed by atoms with Gasteiger partial charge in [-0.3, -0.25) is 0 Å². The lowest BCUT2D eigenvalue weighted by Gasteiger charge is -2.35. The van der Waals surface area contributed by atoms with Gasteiger partial charge >= 0.3 is 0 Å². The first-order valence-electron chi connectivity index (χ1n) is 6.74. The van der Waals surface area contributed by atoms with E-state index in [1.807, 2.05) is 11.6 Å². The summed E-state index contributed by atoms with van der Waals surface area (Å²) in [7, 11) is 1.89. The minimum atomic E-state index is -0.313. The van der Waals surface area contributed by atoms with Gasteiger partial charge in [0.15, 0.2) is 5.79 Å². The third kappa shape index (κ3) is 2.79. The molecule has 1 saturated carbocycles. The molecule has 19 heavy (non-hydrogen) atoms. The maximum Gasteiger partial charge on any atom is 0.168 e. The zero-order valence-corrected chi connectivity index (χ0v) is 11.9. The molecule has 1 aromatic rings. The van der Waals surface area contributed by atoms with Gasteiger partial charge in [0, 0.05) is 19.9 Å². The van der Waals surface area contributed by atoms with Crippen molar-refractivity contribution in [3.63, 3.8) is 0 Å².